The maximum absolute atomic E-state index is 9.38. The van der Waals surface area contributed by atoms with Gasteiger partial charge in [0.05, 0.1) is 0 Å². The number of thiophene rings is 1. The van der Waals surface area contributed by atoms with Crippen molar-refractivity contribution in [1.29, 1.82) is 0 Å². The number of phenols is 1. The number of aromatic hydroxyl groups is 1. The molecule has 96 valence electrons. The number of ether oxygens (including phenoxy) is 1. The zero-order valence-electron chi connectivity index (χ0n) is 10.6. The van der Waals surface area contributed by atoms with Crippen LogP contribution >= 0.6 is 11.3 Å². The van der Waals surface area contributed by atoms with Gasteiger partial charge in [0.15, 0.2) is 0 Å². The maximum atomic E-state index is 9.38. The first kappa shape index (κ1) is 12.1. The Morgan fingerprint density at radius 1 is 1.11 bits per heavy atom. The smallest absolute Gasteiger partial charge is 0.123 e. The summed E-state index contributed by atoms with van der Waals surface area (Å²) in [5, 5.41) is 10.7. The van der Waals surface area contributed by atoms with Crippen molar-refractivity contribution in [3.8, 4) is 11.5 Å². The van der Waals surface area contributed by atoms with Crippen LogP contribution in [-0.4, -0.2) is 5.11 Å². The number of aryl methyl sites for hydroxylation is 1. The van der Waals surface area contributed by atoms with E-state index in [-0.39, 0.29) is 5.75 Å². The lowest BCUT2D eigenvalue weighted by atomic mass is 10.1. The molecule has 0 spiro atoms. The standard InChI is InChI=1S/C16H14O2S/c1-11-4-2-7-16-15(11)9-14(19-16)10-18-13-6-3-5-12(17)8-13/h2-9,17H,10H2,1H3. The van der Waals surface area contributed by atoms with Crippen LogP contribution in [0.5, 0.6) is 11.5 Å². The van der Waals surface area contributed by atoms with Crippen molar-refractivity contribution in [2.24, 2.45) is 0 Å². The molecule has 0 saturated carbocycles. The molecule has 3 heteroatoms. The second kappa shape index (κ2) is 4.94. The van der Waals surface area contributed by atoms with Gasteiger partial charge in [-0.15, -0.1) is 11.3 Å². The van der Waals surface area contributed by atoms with E-state index in [9.17, 15) is 5.11 Å². The number of hydrogen-bond donors (Lipinski definition) is 1. The minimum atomic E-state index is 0.227. The van der Waals surface area contributed by atoms with Gasteiger partial charge in [-0.2, -0.15) is 0 Å². The van der Waals surface area contributed by atoms with E-state index in [0.717, 1.165) is 0 Å². The van der Waals surface area contributed by atoms with Gasteiger partial charge in [0.25, 0.3) is 0 Å². The lowest BCUT2D eigenvalue weighted by molar-refractivity contribution is 0.308. The summed E-state index contributed by atoms with van der Waals surface area (Å²) in [6.07, 6.45) is 0. The number of phenolic OH excluding ortho intramolecular Hbond substituents is 1. The van der Waals surface area contributed by atoms with E-state index < -0.39 is 0 Å². The molecule has 0 aliphatic heterocycles. The Bertz CT molecular complexity index is 716. The van der Waals surface area contributed by atoms with Crippen LogP contribution in [0, 0.1) is 6.92 Å². The number of rotatable bonds is 3. The lowest BCUT2D eigenvalue weighted by Gasteiger charge is -2.04. The van der Waals surface area contributed by atoms with Crippen LogP contribution in [0.1, 0.15) is 10.4 Å². The molecule has 0 radical (unpaired) electrons. The molecule has 2 nitrogen and oxygen atoms in total. The van der Waals surface area contributed by atoms with Crippen LogP contribution in [0.3, 0.4) is 0 Å². The van der Waals surface area contributed by atoms with Crippen molar-refractivity contribution >= 4 is 21.4 Å². The van der Waals surface area contributed by atoms with E-state index in [1.165, 1.54) is 20.5 Å². The van der Waals surface area contributed by atoms with Crippen LogP contribution in [0.15, 0.2) is 48.5 Å². The molecule has 0 bridgehead atoms. The van der Waals surface area contributed by atoms with Crippen LogP contribution < -0.4 is 4.74 Å². The van der Waals surface area contributed by atoms with E-state index in [4.69, 9.17) is 4.74 Å². The highest BCUT2D eigenvalue weighted by Gasteiger charge is 2.04. The molecule has 1 aromatic heterocycles. The first-order valence-electron chi connectivity index (χ1n) is 6.12. The first-order valence-corrected chi connectivity index (χ1v) is 6.94. The fourth-order valence-electron chi connectivity index (χ4n) is 2.06. The van der Waals surface area contributed by atoms with Crippen molar-refractivity contribution in [2.75, 3.05) is 0 Å². The molecule has 1 heterocycles. The SMILES string of the molecule is Cc1cccc2sc(COc3cccc(O)c3)cc12. The Labute approximate surface area is 115 Å². The van der Waals surface area contributed by atoms with Crippen LogP contribution in [0.25, 0.3) is 10.1 Å². The van der Waals surface area contributed by atoms with Crippen LogP contribution in [0.4, 0.5) is 0 Å². The topological polar surface area (TPSA) is 29.5 Å². The van der Waals surface area contributed by atoms with Crippen molar-refractivity contribution in [1.82, 2.24) is 0 Å². The largest absolute Gasteiger partial charge is 0.508 e. The van der Waals surface area contributed by atoms with Crippen molar-refractivity contribution in [3.05, 3.63) is 59.0 Å². The molecule has 0 atom stereocenters. The fourth-order valence-corrected chi connectivity index (χ4v) is 3.11. The Morgan fingerprint density at radius 2 is 1.95 bits per heavy atom. The summed E-state index contributed by atoms with van der Waals surface area (Å²) < 4.78 is 6.98. The van der Waals surface area contributed by atoms with Crippen LogP contribution in [-0.2, 0) is 6.61 Å². The normalized spacial score (nSPS) is 10.8. The average molecular weight is 270 g/mol. The zero-order chi connectivity index (χ0) is 13.2. The van der Waals surface area contributed by atoms with Crippen molar-refractivity contribution in [2.45, 2.75) is 13.5 Å². The molecule has 0 unspecified atom stereocenters. The van der Waals surface area contributed by atoms with Gasteiger partial charge in [-0.3, -0.25) is 0 Å². The van der Waals surface area contributed by atoms with Gasteiger partial charge >= 0.3 is 0 Å². The molecular formula is C16H14O2S. The second-order valence-electron chi connectivity index (χ2n) is 4.49. The third-order valence-corrected chi connectivity index (χ3v) is 4.10. The minimum absolute atomic E-state index is 0.227. The van der Waals surface area contributed by atoms with Crippen LogP contribution in [0.2, 0.25) is 0 Å². The molecule has 0 aliphatic rings. The molecule has 0 amide bonds. The van der Waals surface area contributed by atoms with Gasteiger partial charge in [-0.05, 0) is 42.1 Å². The summed E-state index contributed by atoms with van der Waals surface area (Å²) in [5.74, 6) is 0.916. The molecule has 0 aliphatic carbocycles. The highest BCUT2D eigenvalue weighted by molar-refractivity contribution is 7.19. The molecule has 0 saturated heterocycles. The maximum Gasteiger partial charge on any atom is 0.123 e. The summed E-state index contributed by atoms with van der Waals surface area (Å²) in [5.41, 5.74) is 1.29. The van der Waals surface area contributed by atoms with Gasteiger partial charge in [0, 0.05) is 15.6 Å². The number of hydrogen-bond acceptors (Lipinski definition) is 3. The zero-order valence-corrected chi connectivity index (χ0v) is 11.4. The molecule has 3 aromatic rings. The monoisotopic (exact) mass is 270 g/mol. The fraction of sp³-hybridized carbons (Fsp3) is 0.125. The van der Waals surface area contributed by atoms with Gasteiger partial charge in [-0.25, -0.2) is 0 Å². The number of benzene rings is 2. The molecule has 0 fully saturated rings. The summed E-state index contributed by atoms with van der Waals surface area (Å²) in [7, 11) is 0. The molecule has 1 N–H and O–H groups in total. The van der Waals surface area contributed by atoms with Crippen molar-refractivity contribution in [3.63, 3.8) is 0 Å². The summed E-state index contributed by atoms with van der Waals surface area (Å²) in [4.78, 5) is 1.19. The predicted molar refractivity (Wildman–Crippen MR) is 79.0 cm³/mol. The van der Waals surface area contributed by atoms with Gasteiger partial charge < -0.3 is 9.84 Å². The van der Waals surface area contributed by atoms with E-state index in [1.54, 1.807) is 29.5 Å². The first-order chi connectivity index (χ1) is 9.22. The van der Waals surface area contributed by atoms with E-state index in [0.29, 0.717) is 12.4 Å². The van der Waals surface area contributed by atoms with Gasteiger partial charge in [0.2, 0.25) is 0 Å². The van der Waals surface area contributed by atoms with Gasteiger partial charge in [-0.1, -0.05) is 18.2 Å². The summed E-state index contributed by atoms with van der Waals surface area (Å²) >= 11 is 1.75. The highest BCUT2D eigenvalue weighted by Crippen LogP contribution is 2.29. The molecular weight excluding hydrogens is 256 g/mol. The molecule has 2 aromatic carbocycles. The second-order valence-corrected chi connectivity index (χ2v) is 5.65. The summed E-state index contributed by atoms with van der Waals surface area (Å²) in [6, 6.07) is 15.4. The quantitative estimate of drug-likeness (QED) is 0.759. The van der Waals surface area contributed by atoms with Crippen molar-refractivity contribution < 1.29 is 9.84 Å². The molecule has 3 rings (SSSR count). The Morgan fingerprint density at radius 3 is 2.74 bits per heavy atom. The van der Waals surface area contributed by atoms with E-state index >= 15 is 0 Å². The van der Waals surface area contributed by atoms with Gasteiger partial charge in [0.1, 0.15) is 18.1 Å². The highest BCUT2D eigenvalue weighted by atomic mass is 32.1. The van der Waals surface area contributed by atoms with E-state index in [1.807, 2.05) is 6.07 Å². The average Bonchev–Trinajstić information content (AvgIpc) is 2.81. The Hall–Kier alpha value is -2.00. The third kappa shape index (κ3) is 2.56. The predicted octanol–water partition coefficient (Wildman–Crippen LogP) is 4.49. The third-order valence-electron chi connectivity index (χ3n) is 3.03. The lowest BCUT2D eigenvalue weighted by Crippen LogP contribution is -1.92. The van der Waals surface area contributed by atoms with E-state index in [2.05, 4.69) is 31.2 Å². The minimum Gasteiger partial charge on any atom is -0.508 e. The Balaban J connectivity index is 1.80. The summed E-state index contributed by atoms with van der Waals surface area (Å²) in [6.45, 7) is 2.65. The number of fused-ring (bicyclic) bond motifs is 1. The molecule has 19 heavy (non-hydrogen) atoms. The Kier molecular flexibility index (Phi) is 3.13.